The third-order valence-electron chi connectivity index (χ3n) is 4.54. The number of benzene rings is 2. The van der Waals surface area contributed by atoms with Crippen LogP contribution in [0.3, 0.4) is 0 Å². The summed E-state index contributed by atoms with van der Waals surface area (Å²) >= 11 is 0. The van der Waals surface area contributed by atoms with Crippen LogP contribution in [0.2, 0.25) is 0 Å². The van der Waals surface area contributed by atoms with Gasteiger partial charge in [-0.1, -0.05) is 18.2 Å². The van der Waals surface area contributed by atoms with Crippen LogP contribution >= 0.6 is 0 Å². The van der Waals surface area contributed by atoms with Gasteiger partial charge in [0.2, 0.25) is 0 Å². The first kappa shape index (κ1) is 20.4. The maximum Gasteiger partial charge on any atom is 0.306 e. The van der Waals surface area contributed by atoms with Crippen molar-refractivity contribution in [2.75, 3.05) is 40.2 Å². The SMILES string of the molecule is COc1ccc(CN2CCO[C@@H](c3ccc(OS(C)(=O)=O)cc3)C2)c(OC)c1. The first-order chi connectivity index (χ1) is 13.4. The predicted molar refractivity (Wildman–Crippen MR) is 105 cm³/mol. The van der Waals surface area contributed by atoms with E-state index in [-0.39, 0.29) is 6.10 Å². The van der Waals surface area contributed by atoms with E-state index in [4.69, 9.17) is 18.4 Å². The molecule has 2 aromatic carbocycles. The van der Waals surface area contributed by atoms with Crippen molar-refractivity contribution in [3.05, 3.63) is 53.6 Å². The molecule has 0 N–H and O–H groups in total. The molecule has 1 atom stereocenters. The van der Waals surface area contributed by atoms with Crippen LogP contribution < -0.4 is 13.7 Å². The van der Waals surface area contributed by atoms with E-state index in [9.17, 15) is 8.42 Å². The van der Waals surface area contributed by atoms with Gasteiger partial charge in [0, 0.05) is 31.3 Å². The van der Waals surface area contributed by atoms with Crippen LogP contribution in [0, 0.1) is 0 Å². The van der Waals surface area contributed by atoms with E-state index in [0.29, 0.717) is 12.4 Å². The Morgan fingerprint density at radius 3 is 2.43 bits per heavy atom. The molecular weight excluding hydrogens is 382 g/mol. The van der Waals surface area contributed by atoms with Gasteiger partial charge in [0.15, 0.2) is 0 Å². The van der Waals surface area contributed by atoms with Gasteiger partial charge in [-0.15, -0.1) is 0 Å². The van der Waals surface area contributed by atoms with Crippen LogP contribution in [-0.4, -0.2) is 53.5 Å². The van der Waals surface area contributed by atoms with E-state index >= 15 is 0 Å². The number of nitrogens with zero attached hydrogens (tertiary/aromatic N) is 1. The number of methoxy groups -OCH3 is 2. The molecule has 1 aliphatic heterocycles. The molecule has 0 aromatic heterocycles. The summed E-state index contributed by atoms with van der Waals surface area (Å²) < 4.78 is 44.0. The van der Waals surface area contributed by atoms with Crippen LogP contribution in [-0.2, 0) is 21.4 Å². The zero-order chi connectivity index (χ0) is 20.1. The fraction of sp³-hybridized carbons (Fsp3) is 0.400. The highest BCUT2D eigenvalue weighted by Crippen LogP contribution is 2.29. The third-order valence-corrected chi connectivity index (χ3v) is 5.03. The van der Waals surface area contributed by atoms with E-state index < -0.39 is 10.1 Å². The zero-order valence-corrected chi connectivity index (χ0v) is 17.1. The summed E-state index contributed by atoms with van der Waals surface area (Å²) in [5.41, 5.74) is 2.06. The minimum atomic E-state index is -3.53. The summed E-state index contributed by atoms with van der Waals surface area (Å²) in [5.74, 6) is 1.85. The summed E-state index contributed by atoms with van der Waals surface area (Å²) in [4.78, 5) is 2.30. The number of hydrogen-bond donors (Lipinski definition) is 0. The molecule has 2 aromatic rings. The van der Waals surface area contributed by atoms with Gasteiger partial charge in [-0.25, -0.2) is 0 Å². The summed E-state index contributed by atoms with van der Waals surface area (Å²) in [6, 6.07) is 12.8. The lowest BCUT2D eigenvalue weighted by Gasteiger charge is -2.33. The van der Waals surface area contributed by atoms with Crippen molar-refractivity contribution in [3.8, 4) is 17.2 Å². The Bertz CT molecular complexity index is 897. The van der Waals surface area contributed by atoms with Crippen molar-refractivity contribution >= 4 is 10.1 Å². The Morgan fingerprint density at radius 1 is 1.07 bits per heavy atom. The van der Waals surface area contributed by atoms with Crippen molar-refractivity contribution in [2.24, 2.45) is 0 Å². The van der Waals surface area contributed by atoms with Gasteiger partial charge in [-0.3, -0.25) is 4.90 Å². The van der Waals surface area contributed by atoms with Crippen molar-refractivity contribution in [2.45, 2.75) is 12.6 Å². The lowest BCUT2D eigenvalue weighted by atomic mass is 10.1. The minimum absolute atomic E-state index is 0.0923. The van der Waals surface area contributed by atoms with Gasteiger partial charge in [0.1, 0.15) is 17.2 Å². The third kappa shape index (κ3) is 5.37. The zero-order valence-electron chi connectivity index (χ0n) is 16.3. The Balaban J connectivity index is 1.67. The van der Waals surface area contributed by atoms with Crippen LogP contribution in [0.15, 0.2) is 42.5 Å². The topological polar surface area (TPSA) is 74.3 Å². The molecule has 152 valence electrons. The maximum atomic E-state index is 11.2. The second kappa shape index (κ2) is 8.81. The Hall–Kier alpha value is -2.29. The summed E-state index contributed by atoms with van der Waals surface area (Å²) in [6.07, 6.45) is 0.932. The lowest BCUT2D eigenvalue weighted by Crippen LogP contribution is -2.37. The molecule has 8 heteroatoms. The highest BCUT2D eigenvalue weighted by molar-refractivity contribution is 7.86. The number of ether oxygens (including phenoxy) is 3. The van der Waals surface area contributed by atoms with Gasteiger partial charge in [-0.2, -0.15) is 8.42 Å². The van der Waals surface area contributed by atoms with Crippen LogP contribution in [0.4, 0.5) is 0 Å². The predicted octanol–water partition coefficient (Wildman–Crippen LogP) is 2.62. The molecule has 0 spiro atoms. The summed E-state index contributed by atoms with van der Waals surface area (Å²) in [7, 11) is -0.245. The Kier molecular flexibility index (Phi) is 6.43. The standard InChI is InChI=1S/C20H25NO6S/c1-24-18-9-6-16(19(12-18)25-2)13-21-10-11-26-20(14-21)15-4-7-17(8-5-15)27-28(3,22)23/h4-9,12,20H,10-11,13-14H2,1-3H3/t20-/m1/s1. The van der Waals surface area contributed by atoms with E-state index in [1.54, 1.807) is 26.4 Å². The molecule has 1 saturated heterocycles. The summed E-state index contributed by atoms with van der Waals surface area (Å²) in [6.45, 7) is 2.90. The van der Waals surface area contributed by atoms with E-state index in [2.05, 4.69) is 4.90 Å². The molecule has 0 bridgehead atoms. The van der Waals surface area contributed by atoms with Crippen LogP contribution in [0.1, 0.15) is 17.2 Å². The molecule has 0 radical (unpaired) electrons. The molecular formula is C20H25NO6S. The molecule has 28 heavy (non-hydrogen) atoms. The fourth-order valence-corrected chi connectivity index (χ4v) is 3.64. The van der Waals surface area contributed by atoms with Gasteiger partial charge in [0.05, 0.1) is 33.2 Å². The number of rotatable bonds is 7. The largest absolute Gasteiger partial charge is 0.497 e. The van der Waals surface area contributed by atoms with Crippen molar-refractivity contribution < 1.29 is 26.8 Å². The van der Waals surface area contributed by atoms with Gasteiger partial charge < -0.3 is 18.4 Å². The molecule has 0 saturated carbocycles. The van der Waals surface area contributed by atoms with Crippen LogP contribution in [0.25, 0.3) is 0 Å². The number of hydrogen-bond acceptors (Lipinski definition) is 7. The fourth-order valence-electron chi connectivity index (χ4n) is 3.18. The van der Waals surface area contributed by atoms with E-state index in [1.807, 2.05) is 30.3 Å². The first-order valence-electron chi connectivity index (χ1n) is 8.92. The van der Waals surface area contributed by atoms with Crippen molar-refractivity contribution in [1.29, 1.82) is 0 Å². The molecule has 1 aliphatic rings. The van der Waals surface area contributed by atoms with Crippen molar-refractivity contribution in [3.63, 3.8) is 0 Å². The lowest BCUT2D eigenvalue weighted by molar-refractivity contribution is -0.0331. The van der Waals surface area contributed by atoms with Crippen molar-refractivity contribution in [1.82, 2.24) is 4.90 Å². The second-order valence-electron chi connectivity index (χ2n) is 6.63. The average Bonchev–Trinajstić information content (AvgIpc) is 2.68. The Labute approximate surface area is 165 Å². The van der Waals surface area contributed by atoms with Gasteiger partial charge in [0.25, 0.3) is 0 Å². The van der Waals surface area contributed by atoms with E-state index in [0.717, 1.165) is 48.5 Å². The van der Waals surface area contributed by atoms with Crippen LogP contribution in [0.5, 0.6) is 17.2 Å². The second-order valence-corrected chi connectivity index (χ2v) is 8.20. The molecule has 7 nitrogen and oxygen atoms in total. The normalized spacial score (nSPS) is 17.9. The molecule has 1 heterocycles. The number of morpholine rings is 1. The van der Waals surface area contributed by atoms with Gasteiger partial charge >= 0.3 is 10.1 Å². The molecule has 0 amide bonds. The molecule has 1 fully saturated rings. The quantitative estimate of drug-likeness (QED) is 0.653. The Morgan fingerprint density at radius 2 is 1.79 bits per heavy atom. The molecule has 0 aliphatic carbocycles. The highest BCUT2D eigenvalue weighted by atomic mass is 32.2. The molecule has 0 unspecified atom stereocenters. The average molecular weight is 407 g/mol. The minimum Gasteiger partial charge on any atom is -0.497 e. The monoisotopic (exact) mass is 407 g/mol. The maximum absolute atomic E-state index is 11.2. The van der Waals surface area contributed by atoms with Gasteiger partial charge in [-0.05, 0) is 23.8 Å². The highest BCUT2D eigenvalue weighted by Gasteiger charge is 2.23. The van der Waals surface area contributed by atoms with E-state index in [1.165, 1.54) is 0 Å². The summed E-state index contributed by atoms with van der Waals surface area (Å²) in [5, 5.41) is 0. The first-order valence-corrected chi connectivity index (χ1v) is 10.7. The smallest absolute Gasteiger partial charge is 0.306 e. The molecule has 3 rings (SSSR count).